The van der Waals surface area contributed by atoms with Crippen molar-refractivity contribution in [1.29, 1.82) is 0 Å². The second kappa shape index (κ2) is 11.9. The van der Waals surface area contributed by atoms with Gasteiger partial charge < -0.3 is 19.5 Å². The second-order valence-corrected chi connectivity index (χ2v) is 4.91. The van der Waals surface area contributed by atoms with E-state index in [1.165, 1.54) is 12.1 Å². The van der Waals surface area contributed by atoms with Crippen molar-refractivity contribution >= 4 is 29.9 Å². The van der Waals surface area contributed by atoms with Crippen LogP contribution in [0.5, 0.6) is 0 Å². The van der Waals surface area contributed by atoms with Gasteiger partial charge in [0.2, 0.25) is 0 Å². The number of hydrogen-bond acceptors (Lipinski definition) is 2. The molecule has 5 nitrogen and oxygen atoms in total. The molecule has 6 heteroatoms. The molecule has 0 bridgehead atoms. The highest BCUT2D eigenvalue weighted by molar-refractivity contribution is 14.0. The van der Waals surface area contributed by atoms with Crippen molar-refractivity contribution in [2.75, 3.05) is 33.9 Å². The van der Waals surface area contributed by atoms with Gasteiger partial charge in [0.05, 0.1) is 13.2 Å². The number of ether oxygens (including phenoxy) is 1. The van der Waals surface area contributed by atoms with E-state index in [-0.39, 0.29) is 24.0 Å². The van der Waals surface area contributed by atoms with Crippen LogP contribution in [0, 0.1) is 0 Å². The van der Waals surface area contributed by atoms with Crippen molar-refractivity contribution in [1.82, 2.24) is 14.8 Å². The maximum atomic E-state index is 5.53. The number of unbranched alkanes of at least 4 members (excludes halogenated alkanes) is 1. The van der Waals surface area contributed by atoms with Crippen LogP contribution in [0.1, 0.15) is 25.5 Å². The molecule has 1 aromatic rings. The van der Waals surface area contributed by atoms with Crippen molar-refractivity contribution in [3.05, 3.63) is 24.0 Å². The first-order chi connectivity index (χ1) is 9.69. The third-order valence-electron chi connectivity index (χ3n) is 3.20. The average Bonchev–Trinajstić information content (AvgIpc) is 2.83. The molecule has 0 aliphatic rings. The first-order valence-electron chi connectivity index (χ1n) is 7.28. The Balaban J connectivity index is 0.00000400. The highest BCUT2D eigenvalue weighted by Crippen LogP contribution is 2.03. The lowest BCUT2D eigenvalue weighted by molar-refractivity contribution is 0.135. The van der Waals surface area contributed by atoms with E-state index in [1.807, 2.05) is 14.1 Å². The van der Waals surface area contributed by atoms with E-state index in [4.69, 9.17) is 4.74 Å². The molecule has 122 valence electrons. The maximum absolute atomic E-state index is 5.53. The Morgan fingerprint density at radius 1 is 1.43 bits per heavy atom. The predicted molar refractivity (Wildman–Crippen MR) is 99.4 cm³/mol. The van der Waals surface area contributed by atoms with E-state index in [2.05, 4.69) is 52.1 Å². The van der Waals surface area contributed by atoms with Crippen LogP contribution in [0.3, 0.4) is 0 Å². The summed E-state index contributed by atoms with van der Waals surface area (Å²) in [6.45, 7) is 5.35. The molecule has 0 saturated carbocycles. The van der Waals surface area contributed by atoms with Gasteiger partial charge in [0.25, 0.3) is 0 Å². The van der Waals surface area contributed by atoms with Crippen molar-refractivity contribution < 1.29 is 4.74 Å². The molecule has 0 atom stereocenters. The Hall–Kier alpha value is -0.760. The fourth-order valence-corrected chi connectivity index (χ4v) is 1.95. The summed E-state index contributed by atoms with van der Waals surface area (Å²) in [5.41, 5.74) is 1.26. The van der Waals surface area contributed by atoms with E-state index < -0.39 is 0 Å². The molecule has 1 aromatic heterocycles. The zero-order valence-corrected chi connectivity index (χ0v) is 16.0. The minimum Gasteiger partial charge on any atom is -0.380 e. The molecule has 0 spiro atoms. The molecule has 0 aliphatic carbocycles. The van der Waals surface area contributed by atoms with Crippen LogP contribution in [0.2, 0.25) is 0 Å². The van der Waals surface area contributed by atoms with Gasteiger partial charge in [-0.25, -0.2) is 0 Å². The van der Waals surface area contributed by atoms with Gasteiger partial charge in [-0.1, -0.05) is 13.3 Å². The lowest BCUT2D eigenvalue weighted by atomic mass is 10.4. The van der Waals surface area contributed by atoms with Crippen LogP contribution in [-0.2, 0) is 18.3 Å². The highest BCUT2D eigenvalue weighted by Gasteiger charge is 2.07. The molecule has 0 radical (unpaired) electrons. The molecule has 1 N–H and O–H groups in total. The third kappa shape index (κ3) is 7.71. The number of aromatic nitrogens is 1. The monoisotopic (exact) mass is 408 g/mol. The second-order valence-electron chi connectivity index (χ2n) is 4.91. The van der Waals surface area contributed by atoms with Crippen LogP contribution in [0.25, 0.3) is 0 Å². The lowest BCUT2D eigenvalue weighted by Crippen LogP contribution is -2.40. The van der Waals surface area contributed by atoms with Crippen LogP contribution in [-0.4, -0.2) is 49.3 Å². The molecule has 0 saturated heterocycles. The SMILES string of the molecule is CCCCOCCNC(=NC)N(C)Cc1cccn1C.I. The molecule has 0 aromatic carbocycles. The summed E-state index contributed by atoms with van der Waals surface area (Å²) in [6, 6.07) is 4.18. The van der Waals surface area contributed by atoms with E-state index in [0.717, 1.165) is 38.7 Å². The summed E-state index contributed by atoms with van der Waals surface area (Å²) < 4.78 is 7.66. The zero-order chi connectivity index (χ0) is 14.8. The van der Waals surface area contributed by atoms with Crippen LogP contribution < -0.4 is 5.32 Å². The Kier molecular flexibility index (Phi) is 11.4. The minimum atomic E-state index is 0. The molecule has 1 heterocycles. The smallest absolute Gasteiger partial charge is 0.193 e. The number of aliphatic imine (C=N–C) groups is 1. The maximum Gasteiger partial charge on any atom is 0.193 e. The van der Waals surface area contributed by atoms with Crippen molar-refractivity contribution in [2.45, 2.75) is 26.3 Å². The largest absolute Gasteiger partial charge is 0.380 e. The predicted octanol–water partition coefficient (Wildman–Crippen LogP) is 2.47. The number of nitrogens with one attached hydrogen (secondary N) is 1. The Morgan fingerprint density at radius 2 is 2.19 bits per heavy atom. The number of nitrogens with zero attached hydrogens (tertiary/aromatic N) is 3. The molecule has 1 rings (SSSR count). The van der Waals surface area contributed by atoms with Crippen molar-refractivity contribution in [3.8, 4) is 0 Å². The summed E-state index contributed by atoms with van der Waals surface area (Å²) in [4.78, 5) is 6.41. The average molecular weight is 408 g/mol. The summed E-state index contributed by atoms with van der Waals surface area (Å²) >= 11 is 0. The number of rotatable bonds is 8. The molecule has 0 fully saturated rings. The molecule has 21 heavy (non-hydrogen) atoms. The number of aryl methyl sites for hydroxylation is 1. The Morgan fingerprint density at radius 3 is 2.76 bits per heavy atom. The van der Waals surface area contributed by atoms with Crippen molar-refractivity contribution in [3.63, 3.8) is 0 Å². The van der Waals surface area contributed by atoms with Gasteiger partial charge >= 0.3 is 0 Å². The molecule has 0 amide bonds. The summed E-state index contributed by atoms with van der Waals surface area (Å²) in [5, 5.41) is 3.32. The van der Waals surface area contributed by atoms with E-state index in [0.29, 0.717) is 0 Å². The van der Waals surface area contributed by atoms with Crippen molar-refractivity contribution in [2.24, 2.45) is 12.0 Å². The Bertz CT molecular complexity index is 406. The first-order valence-corrected chi connectivity index (χ1v) is 7.28. The van der Waals surface area contributed by atoms with Gasteiger partial charge in [-0.2, -0.15) is 0 Å². The minimum absolute atomic E-state index is 0. The molecule has 0 unspecified atom stereocenters. The van der Waals surface area contributed by atoms with Crippen LogP contribution in [0.4, 0.5) is 0 Å². The zero-order valence-electron chi connectivity index (χ0n) is 13.6. The molecule has 0 aliphatic heterocycles. The van der Waals surface area contributed by atoms with Gasteiger partial charge in [0, 0.05) is 46.2 Å². The van der Waals surface area contributed by atoms with Gasteiger partial charge in [-0.15, -0.1) is 24.0 Å². The quantitative estimate of drug-likeness (QED) is 0.311. The normalized spacial score (nSPS) is 11.1. The van der Waals surface area contributed by atoms with Gasteiger partial charge in [0.1, 0.15) is 0 Å². The standard InChI is InChI=1S/C15H28N4O.HI/c1-5-6-11-20-12-9-17-15(16-2)19(4)13-14-8-7-10-18(14)3;/h7-8,10H,5-6,9,11-13H2,1-4H3,(H,16,17);1H. The van der Waals surface area contributed by atoms with Gasteiger partial charge in [0.15, 0.2) is 5.96 Å². The van der Waals surface area contributed by atoms with E-state index >= 15 is 0 Å². The fourth-order valence-electron chi connectivity index (χ4n) is 1.95. The summed E-state index contributed by atoms with van der Waals surface area (Å²) in [7, 11) is 5.91. The van der Waals surface area contributed by atoms with Gasteiger partial charge in [-0.3, -0.25) is 4.99 Å². The Labute approximate surface area is 145 Å². The highest BCUT2D eigenvalue weighted by atomic mass is 127. The van der Waals surface area contributed by atoms with Gasteiger partial charge in [-0.05, 0) is 18.6 Å². The molecular weight excluding hydrogens is 379 g/mol. The van der Waals surface area contributed by atoms with Crippen LogP contribution in [0.15, 0.2) is 23.3 Å². The summed E-state index contributed by atoms with van der Waals surface area (Å²) in [6.07, 6.45) is 4.36. The van der Waals surface area contributed by atoms with E-state index in [1.54, 1.807) is 0 Å². The fraction of sp³-hybridized carbons (Fsp3) is 0.667. The number of hydrogen-bond donors (Lipinski definition) is 1. The van der Waals surface area contributed by atoms with E-state index in [9.17, 15) is 0 Å². The first kappa shape index (κ1) is 20.2. The summed E-state index contributed by atoms with van der Waals surface area (Å²) in [5.74, 6) is 0.894. The number of guanidine groups is 1. The third-order valence-corrected chi connectivity index (χ3v) is 3.20. The lowest BCUT2D eigenvalue weighted by Gasteiger charge is -2.22. The number of halogens is 1. The molecular formula is C15H29IN4O. The topological polar surface area (TPSA) is 41.8 Å². The van der Waals surface area contributed by atoms with Crippen LogP contribution >= 0.6 is 24.0 Å².